The molecule has 0 saturated heterocycles. The largest absolute Gasteiger partial charge is 0.756 e. The quantitative estimate of drug-likeness (QED) is 0.0314. The van der Waals surface area contributed by atoms with Crippen LogP contribution in [-0.4, -0.2) is 79.8 Å². The molecule has 0 aromatic carbocycles. The lowest BCUT2D eigenvalue weighted by Crippen LogP contribution is -2.51. The molecule has 3 N–H and O–H groups in total. The molecule has 4 unspecified atom stereocenters. The van der Waals surface area contributed by atoms with Gasteiger partial charge in [-0.25, -0.2) is 0 Å². The van der Waals surface area contributed by atoms with Crippen LogP contribution in [0.15, 0.2) is 0 Å². The number of quaternary nitrogens is 1. The van der Waals surface area contributed by atoms with Crippen molar-refractivity contribution >= 4 is 13.7 Å². The Bertz CT molecular complexity index is 1200. The third-order valence-corrected chi connectivity index (χ3v) is 16.9. The van der Waals surface area contributed by atoms with Crippen molar-refractivity contribution in [1.29, 1.82) is 0 Å². The minimum Gasteiger partial charge on any atom is -0.756 e. The number of amides is 1. The van der Waals surface area contributed by atoms with E-state index in [9.17, 15) is 24.5 Å². The number of carbonyl (C=O) groups is 1. The molecule has 0 aromatic rings. The normalized spacial score (nSPS) is 14.1. The summed E-state index contributed by atoms with van der Waals surface area (Å²) in [6, 6.07) is -1.07. The van der Waals surface area contributed by atoms with E-state index in [1.54, 1.807) is 0 Å². The molecule has 0 spiro atoms. The average molecular weight is 1090 g/mol. The maximum absolute atomic E-state index is 13.0. The minimum atomic E-state index is -4.67. The van der Waals surface area contributed by atoms with Crippen molar-refractivity contribution in [3.63, 3.8) is 0 Å². The van der Waals surface area contributed by atoms with Gasteiger partial charge in [-0.05, 0) is 12.8 Å². The highest BCUT2D eigenvalue weighted by atomic mass is 31.2. The molecular formula is C65H133N2O7P. The summed E-state index contributed by atoms with van der Waals surface area (Å²) in [4.78, 5) is 25.6. The monoisotopic (exact) mass is 1080 g/mol. The Balaban J connectivity index is 3.86. The Labute approximate surface area is 468 Å². The highest BCUT2D eigenvalue weighted by Crippen LogP contribution is 2.38. The highest BCUT2D eigenvalue weighted by molar-refractivity contribution is 7.45. The first kappa shape index (κ1) is 74.5. The first-order chi connectivity index (χ1) is 36.4. The van der Waals surface area contributed by atoms with Crippen LogP contribution < -0.4 is 10.2 Å². The molecule has 0 aromatic heterocycles. The zero-order chi connectivity index (χ0) is 55.0. The van der Waals surface area contributed by atoms with E-state index in [0.717, 1.165) is 38.5 Å². The fourth-order valence-corrected chi connectivity index (χ4v) is 11.4. The predicted molar refractivity (Wildman–Crippen MR) is 322 cm³/mol. The van der Waals surface area contributed by atoms with Gasteiger partial charge in [-0.2, -0.15) is 0 Å². The van der Waals surface area contributed by atoms with Gasteiger partial charge in [0.05, 0.1) is 39.9 Å². The maximum Gasteiger partial charge on any atom is 0.268 e. The van der Waals surface area contributed by atoms with Gasteiger partial charge in [-0.1, -0.05) is 335 Å². The molecule has 0 heterocycles. The van der Waals surface area contributed by atoms with Gasteiger partial charge in [-0.3, -0.25) is 9.36 Å². The number of nitrogens with zero attached hydrogens (tertiary/aromatic N) is 1. The summed E-state index contributed by atoms with van der Waals surface area (Å²) in [6.07, 6.45) is 66.5. The Morgan fingerprint density at radius 2 is 0.680 bits per heavy atom. The van der Waals surface area contributed by atoms with Crippen LogP contribution in [0, 0.1) is 0 Å². The number of likely N-dealkylation sites (N-methyl/N-ethyl adjacent to an activating group) is 1. The van der Waals surface area contributed by atoms with Gasteiger partial charge in [0.2, 0.25) is 5.91 Å². The van der Waals surface area contributed by atoms with Crippen LogP contribution in [0.25, 0.3) is 0 Å². The van der Waals surface area contributed by atoms with E-state index < -0.39 is 32.7 Å². The molecule has 1 amide bonds. The number of hydrogen-bond acceptors (Lipinski definition) is 7. The third-order valence-electron chi connectivity index (χ3n) is 15.9. The molecule has 0 radical (unpaired) electrons. The summed E-state index contributed by atoms with van der Waals surface area (Å²) >= 11 is 0. The zero-order valence-corrected chi connectivity index (χ0v) is 52.1. The lowest BCUT2D eigenvalue weighted by molar-refractivity contribution is -0.870. The molecule has 75 heavy (non-hydrogen) atoms. The van der Waals surface area contributed by atoms with E-state index in [2.05, 4.69) is 19.2 Å². The highest BCUT2D eigenvalue weighted by Gasteiger charge is 2.29. The number of phosphoric acid groups is 1. The van der Waals surface area contributed by atoms with E-state index in [1.807, 2.05) is 21.1 Å². The maximum atomic E-state index is 13.0. The van der Waals surface area contributed by atoms with Crippen molar-refractivity contribution in [1.82, 2.24) is 5.32 Å². The topological polar surface area (TPSA) is 128 Å². The molecule has 9 nitrogen and oxygen atoms in total. The molecular weight excluding hydrogens is 952 g/mol. The van der Waals surface area contributed by atoms with E-state index >= 15 is 0 Å². The van der Waals surface area contributed by atoms with Crippen molar-refractivity contribution in [3.05, 3.63) is 0 Å². The summed E-state index contributed by atoms with van der Waals surface area (Å²) in [5.74, 6) is -0.270. The van der Waals surface area contributed by atoms with Crippen LogP contribution in [0.5, 0.6) is 0 Å². The van der Waals surface area contributed by atoms with Crippen molar-refractivity contribution in [2.75, 3.05) is 40.9 Å². The van der Waals surface area contributed by atoms with Crippen molar-refractivity contribution in [3.8, 4) is 0 Å². The number of phosphoric ester groups is 1. The summed E-state index contributed by atoms with van der Waals surface area (Å²) < 4.78 is 23.3. The van der Waals surface area contributed by atoms with Gasteiger partial charge in [0.25, 0.3) is 7.82 Å². The molecule has 0 rings (SSSR count). The van der Waals surface area contributed by atoms with Crippen molar-refractivity contribution in [2.45, 2.75) is 372 Å². The summed E-state index contributed by atoms with van der Waals surface area (Å²) in [7, 11) is 1.15. The molecule has 0 aliphatic heterocycles. The van der Waals surface area contributed by atoms with Gasteiger partial charge < -0.3 is 34.0 Å². The van der Waals surface area contributed by atoms with Gasteiger partial charge in [-0.15, -0.1) is 0 Å². The number of carbonyl (C=O) groups excluding carboxylic acids is 1. The summed E-state index contributed by atoms with van der Waals surface area (Å²) in [5.41, 5.74) is 0. The van der Waals surface area contributed by atoms with Crippen LogP contribution in [-0.2, 0) is 18.4 Å². The Morgan fingerprint density at radius 1 is 0.427 bits per heavy atom. The number of nitrogens with one attached hydrogen (secondary N) is 1. The lowest BCUT2D eigenvalue weighted by atomic mass is 9.99. The van der Waals surface area contributed by atoms with E-state index in [-0.39, 0.29) is 18.9 Å². The molecule has 0 saturated carbocycles. The summed E-state index contributed by atoms with van der Waals surface area (Å²) in [5, 5.41) is 24.8. The number of hydrogen-bond donors (Lipinski definition) is 3. The molecule has 10 heteroatoms. The second-order valence-electron chi connectivity index (χ2n) is 24.7. The second kappa shape index (κ2) is 56.7. The molecule has 0 aliphatic carbocycles. The van der Waals surface area contributed by atoms with Gasteiger partial charge in [0, 0.05) is 6.42 Å². The molecule has 450 valence electrons. The molecule has 0 bridgehead atoms. The van der Waals surface area contributed by atoms with E-state index in [1.165, 1.54) is 289 Å². The van der Waals surface area contributed by atoms with Crippen LogP contribution in [0.2, 0.25) is 0 Å². The smallest absolute Gasteiger partial charge is 0.268 e. The first-order valence-electron chi connectivity index (χ1n) is 33.5. The lowest BCUT2D eigenvalue weighted by Gasteiger charge is -2.31. The van der Waals surface area contributed by atoms with Gasteiger partial charge >= 0.3 is 0 Å². The standard InChI is InChI=1S/C65H133N2O7P/c1-6-8-10-12-14-16-18-20-21-22-23-24-25-26-27-28-29-30-31-32-33-34-35-36-37-38-39-40-41-42-43-44-45-46-48-50-52-54-56-58-64(69)66-62(61-74-75(71,72)73-60-59-67(3,4)5)65(70)63(68)57-55-53-51-49-47-19-17-15-13-11-9-7-2/h62-63,65,68,70H,6-61H2,1-5H3,(H-,66,69,71,72). The van der Waals surface area contributed by atoms with E-state index in [4.69, 9.17) is 9.05 Å². The van der Waals surface area contributed by atoms with Gasteiger partial charge in [0.1, 0.15) is 19.3 Å². The molecule has 0 aliphatic rings. The Morgan fingerprint density at radius 3 is 0.947 bits per heavy atom. The van der Waals surface area contributed by atoms with Gasteiger partial charge in [0.15, 0.2) is 0 Å². The van der Waals surface area contributed by atoms with Crippen LogP contribution >= 0.6 is 7.82 Å². The minimum absolute atomic E-state index is 0.0365. The molecule has 4 atom stereocenters. The average Bonchev–Trinajstić information content (AvgIpc) is 3.37. The fourth-order valence-electron chi connectivity index (χ4n) is 10.7. The number of aliphatic hydroxyl groups is 2. The third kappa shape index (κ3) is 57.9. The van der Waals surface area contributed by atoms with Crippen LogP contribution in [0.1, 0.15) is 354 Å². The number of rotatable bonds is 63. The zero-order valence-electron chi connectivity index (χ0n) is 51.2. The predicted octanol–water partition coefficient (Wildman–Crippen LogP) is 19.1. The first-order valence-corrected chi connectivity index (χ1v) is 34.9. The number of unbranched alkanes of at least 4 members (excludes halogenated alkanes) is 49. The molecule has 0 fully saturated rings. The Hall–Kier alpha value is -0.540. The Kier molecular flexibility index (Phi) is 56.3. The second-order valence-corrected chi connectivity index (χ2v) is 26.1. The SMILES string of the molecule is CCCCCCCCCCCCCCCCCCCCCCCCCCCCCCCCCCCCCCCCCC(=O)NC(COP(=O)([O-])OCC[N+](C)(C)C)C(O)C(O)CCCCCCCCCCCCCC. The van der Waals surface area contributed by atoms with Crippen LogP contribution in [0.3, 0.4) is 0 Å². The number of aliphatic hydroxyl groups excluding tert-OH is 2. The van der Waals surface area contributed by atoms with Crippen molar-refractivity contribution < 1.29 is 38.0 Å². The van der Waals surface area contributed by atoms with E-state index in [0.29, 0.717) is 17.4 Å². The fraction of sp³-hybridized carbons (Fsp3) is 0.985. The van der Waals surface area contributed by atoms with Crippen LogP contribution in [0.4, 0.5) is 0 Å². The summed E-state index contributed by atoms with van der Waals surface area (Å²) in [6.45, 7) is 4.49. The van der Waals surface area contributed by atoms with Crippen molar-refractivity contribution in [2.24, 2.45) is 0 Å².